The zero-order valence-corrected chi connectivity index (χ0v) is 14.5. The van der Waals surface area contributed by atoms with Crippen LogP contribution in [-0.4, -0.2) is 30.4 Å². The minimum absolute atomic E-state index is 0.0224. The third-order valence-electron chi connectivity index (χ3n) is 3.74. The second-order valence-electron chi connectivity index (χ2n) is 5.97. The van der Waals surface area contributed by atoms with Crippen molar-refractivity contribution in [2.24, 2.45) is 0 Å². The van der Waals surface area contributed by atoms with Crippen LogP contribution in [0.2, 0.25) is 0 Å². The SMILES string of the molecule is Cc1cccc(NC(=O)N(C)CC(=O)Nc2c(C)cccc2C)c1. The fourth-order valence-corrected chi connectivity index (χ4v) is 2.42. The second kappa shape index (κ2) is 7.64. The summed E-state index contributed by atoms with van der Waals surface area (Å²) in [5, 5.41) is 5.66. The molecule has 5 heteroatoms. The third kappa shape index (κ3) is 4.59. The highest BCUT2D eigenvalue weighted by atomic mass is 16.2. The first-order valence-electron chi connectivity index (χ1n) is 7.81. The lowest BCUT2D eigenvalue weighted by molar-refractivity contribution is -0.116. The average Bonchev–Trinajstić information content (AvgIpc) is 2.51. The minimum Gasteiger partial charge on any atom is -0.324 e. The zero-order chi connectivity index (χ0) is 17.7. The Kier molecular flexibility index (Phi) is 5.58. The van der Waals surface area contributed by atoms with Gasteiger partial charge in [0.15, 0.2) is 0 Å². The highest BCUT2D eigenvalue weighted by Gasteiger charge is 2.14. The van der Waals surface area contributed by atoms with Crippen LogP contribution in [0.1, 0.15) is 16.7 Å². The predicted molar refractivity (Wildman–Crippen MR) is 97.4 cm³/mol. The molecule has 0 aliphatic heterocycles. The van der Waals surface area contributed by atoms with Gasteiger partial charge in [0, 0.05) is 18.4 Å². The van der Waals surface area contributed by atoms with Crippen LogP contribution in [0.4, 0.5) is 16.2 Å². The molecular weight excluding hydrogens is 302 g/mol. The fourth-order valence-electron chi connectivity index (χ4n) is 2.42. The van der Waals surface area contributed by atoms with Crippen molar-refractivity contribution < 1.29 is 9.59 Å². The van der Waals surface area contributed by atoms with Crippen molar-refractivity contribution in [3.63, 3.8) is 0 Å². The molecular formula is C19H23N3O2. The largest absolute Gasteiger partial charge is 0.324 e. The Morgan fingerprint density at radius 3 is 2.21 bits per heavy atom. The van der Waals surface area contributed by atoms with Crippen molar-refractivity contribution in [2.75, 3.05) is 24.2 Å². The van der Waals surface area contributed by atoms with Gasteiger partial charge in [-0.25, -0.2) is 4.79 Å². The van der Waals surface area contributed by atoms with Crippen LogP contribution in [0.5, 0.6) is 0 Å². The van der Waals surface area contributed by atoms with Gasteiger partial charge >= 0.3 is 6.03 Å². The molecule has 0 saturated carbocycles. The molecule has 0 spiro atoms. The molecule has 3 amide bonds. The predicted octanol–water partition coefficient (Wildman–Crippen LogP) is 3.71. The summed E-state index contributed by atoms with van der Waals surface area (Å²) in [7, 11) is 1.59. The summed E-state index contributed by atoms with van der Waals surface area (Å²) in [5.41, 5.74) is 4.56. The molecule has 0 aromatic heterocycles. The lowest BCUT2D eigenvalue weighted by atomic mass is 10.1. The molecule has 0 fully saturated rings. The maximum Gasteiger partial charge on any atom is 0.322 e. The van der Waals surface area contributed by atoms with E-state index >= 15 is 0 Å². The van der Waals surface area contributed by atoms with Crippen molar-refractivity contribution in [2.45, 2.75) is 20.8 Å². The summed E-state index contributed by atoms with van der Waals surface area (Å²) in [4.78, 5) is 25.7. The molecule has 126 valence electrons. The van der Waals surface area contributed by atoms with E-state index in [0.717, 1.165) is 22.4 Å². The topological polar surface area (TPSA) is 61.4 Å². The number of amides is 3. The van der Waals surface area contributed by atoms with Gasteiger partial charge in [0.05, 0.1) is 0 Å². The van der Waals surface area contributed by atoms with Gasteiger partial charge in [0.25, 0.3) is 0 Å². The van der Waals surface area contributed by atoms with Gasteiger partial charge in [0.2, 0.25) is 5.91 Å². The van der Waals surface area contributed by atoms with Gasteiger partial charge in [0.1, 0.15) is 6.54 Å². The van der Waals surface area contributed by atoms with E-state index in [2.05, 4.69) is 10.6 Å². The van der Waals surface area contributed by atoms with E-state index in [-0.39, 0.29) is 18.5 Å². The standard InChI is InChI=1S/C19H23N3O2/c1-13-7-5-10-16(11-13)20-19(24)22(4)12-17(23)21-18-14(2)8-6-9-15(18)3/h5-11H,12H2,1-4H3,(H,20,24)(H,21,23). The number of nitrogens with zero attached hydrogens (tertiary/aromatic N) is 1. The van der Waals surface area contributed by atoms with Gasteiger partial charge in [-0.3, -0.25) is 4.79 Å². The first kappa shape index (κ1) is 17.5. The Morgan fingerprint density at radius 2 is 1.58 bits per heavy atom. The summed E-state index contributed by atoms with van der Waals surface area (Å²) in [5.74, 6) is -0.228. The number of hydrogen-bond acceptors (Lipinski definition) is 2. The number of carbonyl (C=O) groups excluding carboxylic acids is 2. The highest BCUT2D eigenvalue weighted by Crippen LogP contribution is 2.19. The summed E-state index contributed by atoms with van der Waals surface area (Å²) in [6.45, 7) is 5.82. The minimum atomic E-state index is -0.322. The Balaban J connectivity index is 1.94. The number of likely N-dealkylation sites (N-methyl/N-ethyl adjacent to an activating group) is 1. The summed E-state index contributed by atoms with van der Waals surface area (Å²) < 4.78 is 0. The van der Waals surface area contributed by atoms with Crippen LogP contribution in [0.15, 0.2) is 42.5 Å². The molecule has 0 saturated heterocycles. The van der Waals surface area contributed by atoms with Crippen molar-refractivity contribution in [3.8, 4) is 0 Å². The molecule has 0 aliphatic carbocycles. The van der Waals surface area contributed by atoms with Crippen molar-refractivity contribution in [3.05, 3.63) is 59.2 Å². The van der Waals surface area contributed by atoms with Crippen LogP contribution in [0.25, 0.3) is 0 Å². The number of rotatable bonds is 4. The number of para-hydroxylation sites is 1. The van der Waals surface area contributed by atoms with Crippen molar-refractivity contribution >= 4 is 23.3 Å². The molecule has 0 bridgehead atoms. The Labute approximate surface area is 142 Å². The number of nitrogens with one attached hydrogen (secondary N) is 2. The Bertz CT molecular complexity index is 736. The van der Waals surface area contributed by atoms with E-state index in [0.29, 0.717) is 5.69 Å². The van der Waals surface area contributed by atoms with E-state index in [9.17, 15) is 9.59 Å². The van der Waals surface area contributed by atoms with Crippen LogP contribution < -0.4 is 10.6 Å². The highest BCUT2D eigenvalue weighted by molar-refractivity contribution is 5.97. The first-order chi connectivity index (χ1) is 11.4. The van der Waals surface area contributed by atoms with Crippen LogP contribution in [0.3, 0.4) is 0 Å². The van der Waals surface area contributed by atoms with Gasteiger partial charge in [-0.05, 0) is 49.6 Å². The number of aryl methyl sites for hydroxylation is 3. The average molecular weight is 325 g/mol. The van der Waals surface area contributed by atoms with Crippen LogP contribution in [0, 0.1) is 20.8 Å². The maximum atomic E-state index is 12.2. The normalized spacial score (nSPS) is 10.2. The molecule has 0 radical (unpaired) electrons. The number of carbonyl (C=O) groups is 2. The van der Waals surface area contributed by atoms with Crippen LogP contribution in [-0.2, 0) is 4.79 Å². The summed E-state index contributed by atoms with van der Waals surface area (Å²) in [6, 6.07) is 13.0. The molecule has 0 heterocycles. The molecule has 2 aromatic carbocycles. The van der Waals surface area contributed by atoms with Crippen molar-refractivity contribution in [1.29, 1.82) is 0 Å². The molecule has 0 unspecified atom stereocenters. The lowest BCUT2D eigenvalue weighted by Gasteiger charge is -2.19. The number of hydrogen-bond donors (Lipinski definition) is 2. The molecule has 24 heavy (non-hydrogen) atoms. The molecule has 2 N–H and O–H groups in total. The fraction of sp³-hybridized carbons (Fsp3) is 0.263. The van der Waals surface area contributed by atoms with Crippen LogP contribution >= 0.6 is 0 Å². The van der Waals surface area contributed by atoms with E-state index in [1.165, 1.54) is 4.90 Å². The number of urea groups is 1. The summed E-state index contributed by atoms with van der Waals surface area (Å²) >= 11 is 0. The Morgan fingerprint density at radius 1 is 0.958 bits per heavy atom. The van der Waals surface area contributed by atoms with Gasteiger partial charge in [-0.15, -0.1) is 0 Å². The zero-order valence-electron chi connectivity index (χ0n) is 14.5. The number of anilines is 2. The summed E-state index contributed by atoms with van der Waals surface area (Å²) in [6.07, 6.45) is 0. The second-order valence-corrected chi connectivity index (χ2v) is 5.97. The van der Waals surface area contributed by atoms with E-state index in [4.69, 9.17) is 0 Å². The van der Waals surface area contributed by atoms with Gasteiger partial charge in [-0.1, -0.05) is 30.3 Å². The molecule has 0 aliphatic rings. The molecule has 2 rings (SSSR count). The van der Waals surface area contributed by atoms with E-state index < -0.39 is 0 Å². The monoisotopic (exact) mass is 325 g/mol. The number of benzene rings is 2. The molecule has 0 atom stereocenters. The van der Waals surface area contributed by atoms with E-state index in [1.54, 1.807) is 7.05 Å². The Hall–Kier alpha value is -2.82. The lowest BCUT2D eigenvalue weighted by Crippen LogP contribution is -2.37. The first-order valence-corrected chi connectivity index (χ1v) is 7.81. The van der Waals surface area contributed by atoms with Gasteiger partial charge < -0.3 is 15.5 Å². The smallest absolute Gasteiger partial charge is 0.322 e. The van der Waals surface area contributed by atoms with E-state index in [1.807, 2.05) is 63.2 Å². The van der Waals surface area contributed by atoms with Gasteiger partial charge in [-0.2, -0.15) is 0 Å². The molecule has 5 nitrogen and oxygen atoms in total. The van der Waals surface area contributed by atoms with Crippen molar-refractivity contribution in [1.82, 2.24) is 4.90 Å². The maximum absolute atomic E-state index is 12.2. The molecule has 2 aromatic rings. The quantitative estimate of drug-likeness (QED) is 0.900. The third-order valence-corrected chi connectivity index (χ3v) is 3.74.